The molecule has 2 atom stereocenters. The van der Waals surface area contributed by atoms with Gasteiger partial charge in [-0.3, -0.25) is 4.79 Å². The van der Waals surface area contributed by atoms with Crippen molar-refractivity contribution in [2.75, 3.05) is 25.5 Å². The number of amides is 1. The van der Waals surface area contributed by atoms with E-state index in [1.54, 1.807) is 11.8 Å². The van der Waals surface area contributed by atoms with Crippen molar-refractivity contribution in [2.24, 2.45) is 16.9 Å². The molecule has 8 nitrogen and oxygen atoms in total. The third kappa shape index (κ3) is 6.73. The summed E-state index contributed by atoms with van der Waals surface area (Å²) in [5.41, 5.74) is 2.57. The molecule has 29 heavy (non-hydrogen) atoms. The first kappa shape index (κ1) is 22.7. The van der Waals surface area contributed by atoms with Gasteiger partial charge in [-0.2, -0.15) is 10.5 Å². The van der Waals surface area contributed by atoms with Gasteiger partial charge in [0.1, 0.15) is 0 Å². The minimum atomic E-state index is -0.500. The number of carbonyl (C=O) groups excluding carboxylic acids is 1. The number of amidine groups is 1. The van der Waals surface area contributed by atoms with Gasteiger partial charge in [0.2, 0.25) is 5.91 Å². The number of hydrogen-bond acceptors (Lipinski definition) is 7. The Hall–Kier alpha value is -1.03. The molecule has 0 aromatic heterocycles. The van der Waals surface area contributed by atoms with Crippen molar-refractivity contribution in [3.05, 3.63) is 0 Å². The van der Waals surface area contributed by atoms with E-state index in [1.165, 1.54) is 12.8 Å². The zero-order valence-electron chi connectivity index (χ0n) is 17.7. The van der Waals surface area contributed by atoms with Gasteiger partial charge in [-0.1, -0.05) is 42.4 Å². The quantitative estimate of drug-likeness (QED) is 0.202. The first-order chi connectivity index (χ1) is 14.2. The summed E-state index contributed by atoms with van der Waals surface area (Å²) in [5.74, 6) is 1.33. The van der Waals surface area contributed by atoms with Crippen LogP contribution in [0.15, 0.2) is 5.10 Å². The third-order valence-electron chi connectivity index (χ3n) is 6.11. The van der Waals surface area contributed by atoms with E-state index in [9.17, 15) is 4.79 Å². The molecule has 0 bridgehead atoms. The SMILES string of the molecule is CCN1/C(=N/NOO[C@H](NC(=O)C2CCCCCC2)C2CCOCC2)SC[C@@H]1C. The largest absolute Gasteiger partial charge is 0.381 e. The molecule has 0 aromatic carbocycles. The average molecular weight is 429 g/mol. The summed E-state index contributed by atoms with van der Waals surface area (Å²) in [4.78, 5) is 25.9. The number of carbonyl (C=O) groups is 1. The van der Waals surface area contributed by atoms with Gasteiger partial charge in [0, 0.05) is 43.4 Å². The van der Waals surface area contributed by atoms with Crippen LogP contribution in [-0.2, 0) is 19.4 Å². The lowest BCUT2D eigenvalue weighted by Crippen LogP contribution is -2.47. The number of ether oxygens (including phenoxy) is 1. The van der Waals surface area contributed by atoms with Crippen molar-refractivity contribution in [3.63, 3.8) is 0 Å². The fourth-order valence-electron chi connectivity index (χ4n) is 4.27. The van der Waals surface area contributed by atoms with E-state index in [0.717, 1.165) is 56.0 Å². The van der Waals surface area contributed by atoms with E-state index in [2.05, 4.69) is 34.8 Å². The van der Waals surface area contributed by atoms with Gasteiger partial charge < -0.3 is 15.0 Å². The van der Waals surface area contributed by atoms with Gasteiger partial charge in [0.25, 0.3) is 0 Å². The van der Waals surface area contributed by atoms with Crippen molar-refractivity contribution in [3.8, 4) is 0 Å². The van der Waals surface area contributed by atoms with E-state index < -0.39 is 6.23 Å². The van der Waals surface area contributed by atoms with Gasteiger partial charge in [0.15, 0.2) is 11.4 Å². The van der Waals surface area contributed by atoms with Gasteiger partial charge in [-0.25, -0.2) is 0 Å². The lowest BCUT2D eigenvalue weighted by molar-refractivity contribution is -0.376. The van der Waals surface area contributed by atoms with Crippen LogP contribution in [0.3, 0.4) is 0 Å². The first-order valence-corrected chi connectivity index (χ1v) is 12.1. The summed E-state index contributed by atoms with van der Waals surface area (Å²) in [6.45, 7) is 6.55. The van der Waals surface area contributed by atoms with Crippen molar-refractivity contribution in [1.29, 1.82) is 0 Å². The molecule has 166 valence electrons. The topological polar surface area (TPSA) is 84.4 Å². The molecule has 2 N–H and O–H groups in total. The van der Waals surface area contributed by atoms with E-state index in [-0.39, 0.29) is 17.7 Å². The van der Waals surface area contributed by atoms with E-state index in [0.29, 0.717) is 19.3 Å². The third-order valence-corrected chi connectivity index (χ3v) is 7.34. The molecule has 0 spiro atoms. The Bertz CT molecular complexity index is 537. The highest BCUT2D eigenvalue weighted by atomic mass is 32.2. The minimum Gasteiger partial charge on any atom is -0.381 e. The Morgan fingerprint density at radius 2 is 1.97 bits per heavy atom. The second kappa shape index (κ2) is 12.0. The summed E-state index contributed by atoms with van der Waals surface area (Å²) in [6.07, 6.45) is 7.79. The lowest BCUT2D eigenvalue weighted by atomic mass is 9.96. The number of hydrogen-bond donors (Lipinski definition) is 2. The highest BCUT2D eigenvalue weighted by Crippen LogP contribution is 2.25. The van der Waals surface area contributed by atoms with Crippen LogP contribution in [0.2, 0.25) is 0 Å². The zero-order valence-corrected chi connectivity index (χ0v) is 18.5. The molecule has 3 fully saturated rings. The second-order valence-corrected chi connectivity index (χ2v) is 9.17. The van der Waals surface area contributed by atoms with Crippen LogP contribution >= 0.6 is 11.8 Å². The summed E-state index contributed by atoms with van der Waals surface area (Å²) >= 11 is 1.69. The smallest absolute Gasteiger partial charge is 0.225 e. The Balaban J connectivity index is 1.52. The Morgan fingerprint density at radius 1 is 1.24 bits per heavy atom. The van der Waals surface area contributed by atoms with Crippen LogP contribution in [0, 0.1) is 11.8 Å². The van der Waals surface area contributed by atoms with Crippen molar-refractivity contribution >= 4 is 22.8 Å². The maximum absolute atomic E-state index is 12.8. The van der Waals surface area contributed by atoms with Crippen molar-refractivity contribution < 1.29 is 19.4 Å². The summed E-state index contributed by atoms with van der Waals surface area (Å²) in [6, 6.07) is 0.459. The predicted octanol–water partition coefficient (Wildman–Crippen LogP) is 3.01. The van der Waals surface area contributed by atoms with E-state index in [1.807, 2.05) is 0 Å². The van der Waals surface area contributed by atoms with Crippen LogP contribution in [0.1, 0.15) is 65.2 Å². The van der Waals surface area contributed by atoms with E-state index in [4.69, 9.17) is 14.6 Å². The molecule has 2 heterocycles. The van der Waals surface area contributed by atoms with Gasteiger partial charge in [-0.15, -0.1) is 5.10 Å². The molecule has 1 saturated carbocycles. The van der Waals surface area contributed by atoms with E-state index >= 15 is 0 Å². The number of thioether (sulfide) groups is 1. The summed E-state index contributed by atoms with van der Waals surface area (Å²) in [7, 11) is 0. The van der Waals surface area contributed by atoms with Crippen LogP contribution in [0.4, 0.5) is 0 Å². The molecular weight excluding hydrogens is 392 g/mol. The zero-order chi connectivity index (χ0) is 20.5. The maximum atomic E-state index is 12.8. The first-order valence-electron chi connectivity index (χ1n) is 11.1. The fraction of sp³-hybridized carbons (Fsp3) is 0.900. The van der Waals surface area contributed by atoms with Crippen molar-refractivity contribution in [1.82, 2.24) is 15.8 Å². The highest BCUT2D eigenvalue weighted by molar-refractivity contribution is 8.14. The molecule has 3 aliphatic rings. The second-order valence-electron chi connectivity index (χ2n) is 8.18. The van der Waals surface area contributed by atoms with Gasteiger partial charge >= 0.3 is 0 Å². The Morgan fingerprint density at radius 3 is 2.66 bits per heavy atom. The highest BCUT2D eigenvalue weighted by Gasteiger charge is 2.30. The Labute approximate surface area is 178 Å². The van der Waals surface area contributed by atoms with Crippen molar-refractivity contribution in [2.45, 2.75) is 77.5 Å². The molecular formula is C20H36N4O4S. The average Bonchev–Trinajstić information content (AvgIpc) is 2.93. The number of rotatable bonds is 8. The molecule has 2 aliphatic heterocycles. The molecule has 0 unspecified atom stereocenters. The maximum Gasteiger partial charge on any atom is 0.225 e. The van der Waals surface area contributed by atoms with Crippen LogP contribution in [0.5, 0.6) is 0 Å². The number of hydrazone groups is 1. The van der Waals surface area contributed by atoms with Crippen LogP contribution < -0.4 is 10.9 Å². The molecule has 3 rings (SSSR count). The predicted molar refractivity (Wildman–Crippen MR) is 114 cm³/mol. The summed E-state index contributed by atoms with van der Waals surface area (Å²) < 4.78 is 5.46. The lowest BCUT2D eigenvalue weighted by Gasteiger charge is -2.30. The molecule has 0 aromatic rings. The number of nitrogens with one attached hydrogen (secondary N) is 2. The monoisotopic (exact) mass is 428 g/mol. The normalized spacial score (nSPS) is 27.0. The molecule has 1 aliphatic carbocycles. The molecule has 1 amide bonds. The standard InChI is InChI=1S/C20H36N4O4S/c1-3-24-15(2)14-29-20(24)22-23-28-27-19(17-10-12-26-13-11-17)21-18(25)16-8-6-4-5-7-9-16/h15-17,19,23H,3-14H2,1-2H3,(H,21,25)/b22-20-/t15-,19-/m0/s1. The molecule has 2 saturated heterocycles. The van der Waals surface area contributed by atoms with Gasteiger partial charge in [-0.05, 0) is 39.5 Å². The molecule has 0 radical (unpaired) electrons. The number of nitrogens with zero attached hydrogens (tertiary/aromatic N) is 2. The summed E-state index contributed by atoms with van der Waals surface area (Å²) in [5, 5.41) is 8.29. The minimum absolute atomic E-state index is 0.0751. The fourth-order valence-corrected chi connectivity index (χ4v) is 5.42. The Kier molecular flexibility index (Phi) is 9.36. The molecule has 9 heteroatoms. The van der Waals surface area contributed by atoms with Gasteiger partial charge in [0.05, 0.1) is 0 Å². The van der Waals surface area contributed by atoms with Crippen LogP contribution in [-0.4, -0.2) is 53.8 Å². The van der Waals surface area contributed by atoms with Crippen LogP contribution in [0.25, 0.3) is 0 Å².